The summed E-state index contributed by atoms with van der Waals surface area (Å²) in [7, 11) is 0.393. The Labute approximate surface area is 188 Å². The van der Waals surface area contributed by atoms with Crippen molar-refractivity contribution < 1.29 is 0 Å². The van der Waals surface area contributed by atoms with Gasteiger partial charge >= 0.3 is 0 Å². The van der Waals surface area contributed by atoms with Crippen LogP contribution in [0.5, 0.6) is 0 Å². The molecule has 0 amide bonds. The molecule has 0 saturated carbocycles. The minimum absolute atomic E-state index is 0.393. The first-order chi connectivity index (χ1) is 14.3. The average molecular weight is 427 g/mol. The monoisotopic (exact) mass is 426 g/mol. The maximum absolute atomic E-state index is 2.36. The van der Waals surface area contributed by atoms with Crippen molar-refractivity contribution in [1.82, 2.24) is 0 Å². The van der Waals surface area contributed by atoms with Gasteiger partial charge in [0.05, 0.1) is 0 Å². The molecule has 29 heavy (non-hydrogen) atoms. The number of hydrogen-bond donors (Lipinski definition) is 0. The minimum Gasteiger partial charge on any atom is -0.107 e. The lowest BCUT2D eigenvalue weighted by Crippen LogP contribution is -1.94. The zero-order valence-electron chi connectivity index (χ0n) is 21.1. The topological polar surface area (TPSA) is 0 Å². The molecule has 0 aromatic heterocycles. The molecule has 0 nitrogen and oxygen atoms in total. The van der Waals surface area contributed by atoms with E-state index in [1.54, 1.807) is 6.16 Å². The Morgan fingerprint density at radius 3 is 0.828 bits per heavy atom. The third kappa shape index (κ3) is 24.6. The highest BCUT2D eigenvalue weighted by atomic mass is 31.1. The Balaban J connectivity index is 3.11. The van der Waals surface area contributed by atoms with E-state index in [9.17, 15) is 0 Å². The van der Waals surface area contributed by atoms with Gasteiger partial charge in [-0.05, 0) is 24.9 Å². The lowest BCUT2D eigenvalue weighted by atomic mass is 10.0. The van der Waals surface area contributed by atoms with Crippen molar-refractivity contribution in [3.63, 3.8) is 0 Å². The van der Waals surface area contributed by atoms with Crippen LogP contribution >= 0.6 is 7.92 Å². The molecule has 0 aliphatic rings. The maximum Gasteiger partial charge on any atom is -0.0326 e. The molecule has 0 aliphatic carbocycles. The Kier molecular flexibility index (Phi) is 26.9. The summed E-state index contributed by atoms with van der Waals surface area (Å²) in [5.74, 6) is 0. The highest BCUT2D eigenvalue weighted by molar-refractivity contribution is 7.57. The zero-order chi connectivity index (χ0) is 21.3. The molecule has 0 fully saturated rings. The number of hydrogen-bond acceptors (Lipinski definition) is 0. The van der Waals surface area contributed by atoms with Gasteiger partial charge in [-0.25, -0.2) is 0 Å². The van der Waals surface area contributed by atoms with E-state index in [1.165, 1.54) is 154 Å². The SMILES string of the molecule is CCCCCCCCCCCCCCCCCCCCCCP(CCC)CCC. The van der Waals surface area contributed by atoms with Crippen molar-refractivity contribution >= 4 is 7.92 Å². The minimum atomic E-state index is 0.393. The molecule has 0 unspecified atom stereocenters. The average Bonchev–Trinajstić information content (AvgIpc) is 2.72. The second kappa shape index (κ2) is 26.5. The molecule has 1 heteroatoms. The van der Waals surface area contributed by atoms with Crippen LogP contribution in [-0.2, 0) is 0 Å². The van der Waals surface area contributed by atoms with Crippen LogP contribution in [0.1, 0.15) is 162 Å². The Morgan fingerprint density at radius 1 is 0.276 bits per heavy atom. The Hall–Kier alpha value is 0.430. The molecular formula is C28H59P. The third-order valence-electron chi connectivity index (χ3n) is 6.41. The molecular weight excluding hydrogens is 367 g/mol. The van der Waals surface area contributed by atoms with E-state index in [-0.39, 0.29) is 0 Å². The van der Waals surface area contributed by atoms with Crippen LogP contribution in [0.2, 0.25) is 0 Å². The van der Waals surface area contributed by atoms with Gasteiger partial charge in [-0.2, -0.15) is 0 Å². The van der Waals surface area contributed by atoms with Crippen LogP contribution in [0.4, 0.5) is 0 Å². The molecule has 0 aromatic rings. The van der Waals surface area contributed by atoms with Gasteiger partial charge in [-0.3, -0.25) is 0 Å². The predicted octanol–water partition coefficient (Wildman–Crippen LogP) is 11.1. The van der Waals surface area contributed by atoms with Crippen molar-refractivity contribution in [2.75, 3.05) is 18.5 Å². The van der Waals surface area contributed by atoms with E-state index >= 15 is 0 Å². The first-order valence-corrected chi connectivity index (χ1v) is 16.0. The standard InChI is InChI=1S/C28H59P/c1-4-7-8-9-10-11-12-13-14-15-16-17-18-19-20-21-22-23-24-25-28-29(26-5-2)27-6-3/h4-28H2,1-3H3. The number of unbranched alkanes of at least 4 members (excludes halogenated alkanes) is 19. The molecule has 0 aliphatic heterocycles. The Morgan fingerprint density at radius 2 is 0.552 bits per heavy atom. The zero-order valence-corrected chi connectivity index (χ0v) is 22.0. The van der Waals surface area contributed by atoms with Crippen LogP contribution < -0.4 is 0 Å². The predicted molar refractivity (Wildman–Crippen MR) is 140 cm³/mol. The van der Waals surface area contributed by atoms with Crippen LogP contribution in [0, 0.1) is 0 Å². The van der Waals surface area contributed by atoms with E-state index in [4.69, 9.17) is 0 Å². The van der Waals surface area contributed by atoms with Gasteiger partial charge in [-0.1, -0.05) is 156 Å². The third-order valence-corrected chi connectivity index (χ3v) is 9.52. The van der Waals surface area contributed by atoms with Crippen molar-refractivity contribution in [3.05, 3.63) is 0 Å². The van der Waals surface area contributed by atoms with Gasteiger partial charge in [0.15, 0.2) is 0 Å². The van der Waals surface area contributed by atoms with Gasteiger partial charge in [0.25, 0.3) is 0 Å². The molecule has 176 valence electrons. The first kappa shape index (κ1) is 29.4. The largest absolute Gasteiger partial charge is 0.107 e. The second-order valence-electron chi connectivity index (χ2n) is 9.56. The molecule has 0 radical (unpaired) electrons. The van der Waals surface area contributed by atoms with Crippen LogP contribution in [0.3, 0.4) is 0 Å². The molecule has 0 rings (SSSR count). The van der Waals surface area contributed by atoms with Gasteiger partial charge < -0.3 is 0 Å². The summed E-state index contributed by atoms with van der Waals surface area (Å²) < 4.78 is 0. The molecule has 0 saturated heterocycles. The number of rotatable bonds is 25. The summed E-state index contributed by atoms with van der Waals surface area (Å²) >= 11 is 0. The molecule has 0 N–H and O–H groups in total. The van der Waals surface area contributed by atoms with Crippen molar-refractivity contribution in [2.45, 2.75) is 162 Å². The molecule has 0 bridgehead atoms. The van der Waals surface area contributed by atoms with Gasteiger partial charge in [-0.15, -0.1) is 7.92 Å². The summed E-state index contributed by atoms with van der Waals surface area (Å²) in [6, 6.07) is 0. The Bertz CT molecular complexity index is 269. The smallest absolute Gasteiger partial charge is 0.0326 e. The van der Waals surface area contributed by atoms with E-state index < -0.39 is 0 Å². The van der Waals surface area contributed by atoms with Crippen molar-refractivity contribution in [3.8, 4) is 0 Å². The normalized spacial score (nSPS) is 11.6. The van der Waals surface area contributed by atoms with Crippen LogP contribution in [-0.4, -0.2) is 18.5 Å². The van der Waals surface area contributed by atoms with E-state index in [0.717, 1.165) is 0 Å². The lowest BCUT2D eigenvalue weighted by Gasteiger charge is -2.15. The first-order valence-electron chi connectivity index (χ1n) is 14.1. The fourth-order valence-electron chi connectivity index (χ4n) is 4.56. The fourth-order valence-corrected chi connectivity index (χ4v) is 7.17. The quantitative estimate of drug-likeness (QED) is 0.100. The summed E-state index contributed by atoms with van der Waals surface area (Å²) in [5, 5.41) is 0. The van der Waals surface area contributed by atoms with Crippen molar-refractivity contribution in [1.29, 1.82) is 0 Å². The summed E-state index contributed by atoms with van der Waals surface area (Å²) in [5.41, 5.74) is 0. The summed E-state index contributed by atoms with van der Waals surface area (Å²) in [6.45, 7) is 7.03. The van der Waals surface area contributed by atoms with E-state index in [2.05, 4.69) is 20.8 Å². The van der Waals surface area contributed by atoms with E-state index in [0.29, 0.717) is 7.92 Å². The van der Waals surface area contributed by atoms with Crippen LogP contribution in [0.15, 0.2) is 0 Å². The highest BCUT2D eigenvalue weighted by Crippen LogP contribution is 2.38. The van der Waals surface area contributed by atoms with E-state index in [1.807, 2.05) is 0 Å². The molecule has 0 aromatic carbocycles. The fraction of sp³-hybridized carbons (Fsp3) is 1.00. The maximum atomic E-state index is 2.36. The van der Waals surface area contributed by atoms with Gasteiger partial charge in [0, 0.05) is 0 Å². The van der Waals surface area contributed by atoms with Gasteiger partial charge in [0.1, 0.15) is 0 Å². The van der Waals surface area contributed by atoms with Crippen LogP contribution in [0.25, 0.3) is 0 Å². The van der Waals surface area contributed by atoms with Gasteiger partial charge in [0.2, 0.25) is 0 Å². The van der Waals surface area contributed by atoms with Crippen molar-refractivity contribution in [2.24, 2.45) is 0 Å². The summed E-state index contributed by atoms with van der Waals surface area (Å²) in [6.07, 6.45) is 37.1. The molecule has 0 spiro atoms. The highest BCUT2D eigenvalue weighted by Gasteiger charge is 2.04. The summed E-state index contributed by atoms with van der Waals surface area (Å²) in [4.78, 5) is 0. The molecule has 0 heterocycles. The lowest BCUT2D eigenvalue weighted by molar-refractivity contribution is 0.523. The molecule has 0 atom stereocenters. The second-order valence-corrected chi connectivity index (χ2v) is 12.2.